The van der Waals surface area contributed by atoms with Gasteiger partial charge >= 0.3 is 23.9 Å². The Morgan fingerprint density at radius 1 is 0.608 bits per heavy atom. The van der Waals surface area contributed by atoms with Gasteiger partial charge in [-0.1, -0.05) is 26.0 Å². The number of nitrogens with zero attached hydrogens (tertiary/aromatic N) is 3. The predicted molar refractivity (Wildman–Crippen MR) is 281 cm³/mol. The fourth-order valence-corrected chi connectivity index (χ4v) is 8.07. The molecule has 2 aliphatic rings. The van der Waals surface area contributed by atoms with Crippen molar-refractivity contribution in [2.75, 3.05) is 171 Å². The van der Waals surface area contributed by atoms with Crippen LogP contribution in [0.1, 0.15) is 45.1 Å². The Hall–Kier alpha value is -5.66. The van der Waals surface area contributed by atoms with Crippen molar-refractivity contribution in [2.24, 2.45) is 17.8 Å². The number of carbonyl (C=O) groups is 8. The van der Waals surface area contributed by atoms with Gasteiger partial charge in [0.05, 0.1) is 118 Å². The maximum atomic E-state index is 13.7. The van der Waals surface area contributed by atoms with Crippen molar-refractivity contribution in [2.45, 2.75) is 52.0 Å². The molecule has 3 atom stereocenters. The molecular formula is C51H86N8O20. The first-order valence-corrected chi connectivity index (χ1v) is 26.7. The lowest BCUT2D eigenvalue weighted by Gasteiger charge is -2.29. The van der Waals surface area contributed by atoms with E-state index in [1.54, 1.807) is 22.5 Å². The molecule has 1 aromatic carbocycles. The summed E-state index contributed by atoms with van der Waals surface area (Å²) in [6.07, 6.45) is 2.17. The lowest BCUT2D eigenvalue weighted by molar-refractivity contribution is -0.143. The molecule has 79 heavy (non-hydrogen) atoms. The molecule has 0 saturated carbocycles. The maximum Gasteiger partial charge on any atom is 0.317 e. The summed E-state index contributed by atoms with van der Waals surface area (Å²) in [7, 11) is 0. The van der Waals surface area contributed by atoms with E-state index in [4.69, 9.17) is 53.6 Å². The Morgan fingerprint density at radius 2 is 1.08 bits per heavy atom. The number of fused-ring (bicyclic) bond motifs is 11. The second-order valence-electron chi connectivity index (χ2n) is 18.9. The van der Waals surface area contributed by atoms with Crippen molar-refractivity contribution >= 4 is 47.5 Å². The average molecular weight is 1130 g/mol. The molecule has 0 unspecified atom stereocenters. The van der Waals surface area contributed by atoms with E-state index in [2.05, 4.69) is 21.3 Å². The van der Waals surface area contributed by atoms with Crippen LogP contribution in [-0.4, -0.2) is 265 Å². The van der Waals surface area contributed by atoms with E-state index in [1.807, 2.05) is 26.0 Å². The summed E-state index contributed by atoms with van der Waals surface area (Å²) in [5, 5.41) is 57.8. The summed E-state index contributed by atoms with van der Waals surface area (Å²) < 4.78 is 39.3. The number of hydrogen-bond acceptors (Lipinski definition) is 20. The third-order valence-corrected chi connectivity index (χ3v) is 11.9. The Morgan fingerprint density at radius 3 is 1.57 bits per heavy atom. The van der Waals surface area contributed by atoms with E-state index < -0.39 is 91.6 Å². The average Bonchev–Trinajstić information content (AvgIpc) is 3.39. The number of carboxylic acid groups (broad SMARTS) is 4. The first-order valence-electron chi connectivity index (χ1n) is 26.7. The van der Waals surface area contributed by atoms with Crippen molar-refractivity contribution in [3.05, 3.63) is 29.8 Å². The zero-order chi connectivity index (χ0) is 58.0. The van der Waals surface area contributed by atoms with Crippen LogP contribution in [-0.2, 0) is 73.2 Å². The number of hydrogen-bond donors (Lipinski definition) is 10. The van der Waals surface area contributed by atoms with Crippen LogP contribution in [0.5, 0.6) is 5.75 Å². The quantitative estimate of drug-likeness (QED) is 0.0196. The van der Waals surface area contributed by atoms with E-state index in [-0.39, 0.29) is 78.0 Å². The number of ether oxygens (including phenoxy) is 7. The number of aliphatic carboxylic acids is 4. The molecular weight excluding hydrogens is 1040 g/mol. The van der Waals surface area contributed by atoms with Crippen LogP contribution >= 0.6 is 0 Å². The molecule has 10 N–H and O–H groups in total. The second-order valence-corrected chi connectivity index (χ2v) is 18.9. The molecule has 450 valence electrons. The van der Waals surface area contributed by atoms with E-state index in [0.717, 1.165) is 28.3 Å². The molecule has 2 aliphatic heterocycles. The van der Waals surface area contributed by atoms with Gasteiger partial charge < -0.3 is 74.9 Å². The minimum atomic E-state index is -1.24. The Kier molecular flexibility index (Phi) is 38.0. The van der Waals surface area contributed by atoms with Gasteiger partial charge in [-0.05, 0) is 55.8 Å². The van der Waals surface area contributed by atoms with Gasteiger partial charge in [0.1, 0.15) is 11.8 Å². The largest absolute Gasteiger partial charge is 0.494 e. The van der Waals surface area contributed by atoms with Crippen molar-refractivity contribution < 1.29 is 97.1 Å². The monoisotopic (exact) mass is 1130 g/mol. The summed E-state index contributed by atoms with van der Waals surface area (Å²) in [6, 6.07) is 6.38. The van der Waals surface area contributed by atoms with E-state index >= 15 is 0 Å². The minimum absolute atomic E-state index is 0.0367. The summed E-state index contributed by atoms with van der Waals surface area (Å²) in [5.41, 5.74) is 2.53. The first-order chi connectivity index (χ1) is 38.0. The molecule has 2 bridgehead atoms. The van der Waals surface area contributed by atoms with Crippen molar-refractivity contribution in [1.82, 2.24) is 41.4 Å². The van der Waals surface area contributed by atoms with Crippen LogP contribution in [0.4, 0.5) is 0 Å². The van der Waals surface area contributed by atoms with Crippen molar-refractivity contribution in [3.8, 4) is 5.75 Å². The zero-order valence-corrected chi connectivity index (χ0v) is 45.7. The molecule has 28 heteroatoms. The second kappa shape index (κ2) is 43.2. The molecule has 0 aromatic heterocycles. The Labute approximate surface area is 461 Å². The van der Waals surface area contributed by atoms with E-state index in [9.17, 15) is 43.6 Å². The highest BCUT2D eigenvalue weighted by molar-refractivity contribution is 5.91. The number of amides is 4. The molecule has 0 aliphatic carbocycles. The summed E-state index contributed by atoms with van der Waals surface area (Å²) >= 11 is 0. The molecule has 4 amide bonds. The first kappa shape index (κ1) is 69.4. The predicted octanol–water partition coefficient (Wildman–Crippen LogP) is -1.77. The van der Waals surface area contributed by atoms with Gasteiger partial charge in [-0.25, -0.2) is 5.48 Å². The smallest absolute Gasteiger partial charge is 0.317 e. The number of carbonyl (C=O) groups excluding carboxylic acids is 4. The van der Waals surface area contributed by atoms with Gasteiger partial charge in [0.2, 0.25) is 23.6 Å². The number of hydroxylamine groups is 1. The highest BCUT2D eigenvalue weighted by atomic mass is 16.6. The number of nitrogens with one attached hydrogen (secondary N) is 5. The molecule has 0 radical (unpaired) electrons. The molecule has 0 spiro atoms. The third-order valence-electron chi connectivity index (χ3n) is 11.9. The highest BCUT2D eigenvalue weighted by Gasteiger charge is 2.36. The summed E-state index contributed by atoms with van der Waals surface area (Å²) in [4.78, 5) is 101. The summed E-state index contributed by atoms with van der Waals surface area (Å²) in [6.45, 7) is 7.78. The number of rotatable bonds is 45. The van der Waals surface area contributed by atoms with E-state index in [0.29, 0.717) is 97.6 Å². The lowest BCUT2D eigenvalue weighted by Crippen LogP contribution is -2.52. The third kappa shape index (κ3) is 35.5. The lowest BCUT2D eigenvalue weighted by atomic mass is 9.81. The normalized spacial score (nSPS) is 15.9. The van der Waals surface area contributed by atoms with Gasteiger partial charge in [-0.2, -0.15) is 0 Å². The van der Waals surface area contributed by atoms with Crippen LogP contribution in [0.25, 0.3) is 0 Å². The molecule has 2 heterocycles. The van der Waals surface area contributed by atoms with Crippen LogP contribution in [0, 0.1) is 17.8 Å². The van der Waals surface area contributed by atoms with E-state index in [1.165, 1.54) is 0 Å². The van der Waals surface area contributed by atoms with Gasteiger partial charge in [-0.3, -0.25) is 58.3 Å². The SMILES string of the molecule is CC(C)C[C@H]1C(=O)N[C@H](C(=O)NCCOCCOCCOCCNCCCOCCOCCOCCNC(=O)CN(CCN(CC(=O)O)CC(=O)O)CCN(CC(=O)O)CC(=O)O)Cc2ccc(cc2)OCCC[C@@H]1C(=O)NO. The van der Waals surface area contributed by atoms with Crippen molar-refractivity contribution in [3.63, 3.8) is 0 Å². The molecule has 1 aromatic rings. The minimum Gasteiger partial charge on any atom is -0.494 e. The number of carboxylic acids is 4. The zero-order valence-electron chi connectivity index (χ0n) is 45.7. The summed E-state index contributed by atoms with van der Waals surface area (Å²) in [5.74, 6) is -7.74. The molecule has 28 nitrogen and oxygen atoms in total. The molecule has 0 saturated heterocycles. The molecule has 0 fully saturated rings. The Balaban J connectivity index is 1.50. The van der Waals surface area contributed by atoms with Crippen LogP contribution in [0.3, 0.4) is 0 Å². The fourth-order valence-electron chi connectivity index (χ4n) is 8.07. The van der Waals surface area contributed by atoms with Crippen LogP contribution in [0.15, 0.2) is 24.3 Å². The van der Waals surface area contributed by atoms with Gasteiger partial charge in [0.15, 0.2) is 0 Å². The van der Waals surface area contributed by atoms with Gasteiger partial charge in [0, 0.05) is 64.8 Å². The van der Waals surface area contributed by atoms with Crippen LogP contribution < -0.4 is 31.5 Å². The standard InChI is InChI=1S/C51H86N8O20/c1-38(2)31-42-41(50(70)56-72)5-3-19-79-40-8-6-39(7-9-40)32-43(55-49(42)69)51(71)54-13-22-76-26-30-78-28-24-74-20-11-52-10-4-18-73-23-27-77-29-25-75-21-12-53-44(60)33-57(14-16-58(34-45(61)62)35-46(63)64)15-17-59(36-47(65)66)37-48(67)68/h6-9,38,41-43,52,72H,3-5,10-37H2,1-2H3,(H,53,60)(H,54,71)(H,55,69)(H,56,70)(H,61,62)(H,63,64)(H,65,66)(H,67,68)/t41-,42+,43-/m0/s1. The van der Waals surface area contributed by atoms with Gasteiger partial charge in [0.25, 0.3) is 0 Å². The number of benzene rings is 1. The van der Waals surface area contributed by atoms with Crippen LogP contribution in [0.2, 0.25) is 0 Å². The topological polar surface area (TPSA) is 372 Å². The van der Waals surface area contributed by atoms with Gasteiger partial charge in [-0.15, -0.1) is 0 Å². The Bertz CT molecular complexity index is 1850. The fraction of sp³-hybridized carbons (Fsp3) is 0.725. The van der Waals surface area contributed by atoms with Crippen molar-refractivity contribution in [1.29, 1.82) is 0 Å². The maximum absolute atomic E-state index is 13.7. The molecule has 3 rings (SSSR count). The highest BCUT2D eigenvalue weighted by Crippen LogP contribution is 2.27.